The number of aryl methyl sites for hydroxylation is 1. The van der Waals surface area contributed by atoms with Crippen LogP contribution in [0.3, 0.4) is 0 Å². The summed E-state index contributed by atoms with van der Waals surface area (Å²) in [6.45, 7) is 0. The van der Waals surface area contributed by atoms with E-state index in [-0.39, 0.29) is 0 Å². The lowest BCUT2D eigenvalue weighted by molar-refractivity contribution is -0.147. The molecule has 2 nitrogen and oxygen atoms in total. The minimum Gasteiger partial charge on any atom is -0.453 e. The molecule has 1 spiro atoms. The van der Waals surface area contributed by atoms with E-state index in [1.165, 1.54) is 11.1 Å². The van der Waals surface area contributed by atoms with Crippen LogP contribution in [0.5, 0.6) is 0 Å². The van der Waals surface area contributed by atoms with Gasteiger partial charge in [0.1, 0.15) is 12.5 Å². The predicted molar refractivity (Wildman–Crippen MR) is 47.8 cm³/mol. The van der Waals surface area contributed by atoms with Crippen molar-refractivity contribution in [3.63, 3.8) is 0 Å². The van der Waals surface area contributed by atoms with E-state index in [9.17, 15) is 0 Å². The van der Waals surface area contributed by atoms with E-state index in [1.807, 2.05) is 6.07 Å². The molecule has 0 unspecified atom stereocenters. The van der Waals surface area contributed by atoms with Gasteiger partial charge in [0.15, 0.2) is 0 Å². The third-order valence-corrected chi connectivity index (χ3v) is 2.72. The maximum Gasteiger partial charge on any atom is 0.277 e. The highest BCUT2D eigenvalue weighted by Crippen LogP contribution is 2.43. The Labute approximate surface area is 76.8 Å². The summed E-state index contributed by atoms with van der Waals surface area (Å²) in [6.07, 6.45) is 5.21. The highest BCUT2D eigenvalue weighted by Gasteiger charge is 2.43. The summed E-state index contributed by atoms with van der Waals surface area (Å²) in [5.41, 5.74) is 2.52. The Bertz CT molecular complexity index is 360. The van der Waals surface area contributed by atoms with Gasteiger partial charge in [-0.05, 0) is 12.0 Å². The van der Waals surface area contributed by atoms with Crippen LogP contribution in [0.15, 0.2) is 36.8 Å². The van der Waals surface area contributed by atoms with Crippen LogP contribution in [-0.2, 0) is 21.7 Å². The van der Waals surface area contributed by atoms with Crippen molar-refractivity contribution in [2.45, 2.75) is 18.6 Å². The maximum atomic E-state index is 5.53. The summed E-state index contributed by atoms with van der Waals surface area (Å²) in [5.74, 6) is -0.489. The minimum absolute atomic E-state index is 0.489. The monoisotopic (exact) mass is 174 g/mol. The molecule has 1 heterocycles. The third kappa shape index (κ3) is 0.829. The lowest BCUT2D eigenvalue weighted by atomic mass is 10.1. The van der Waals surface area contributed by atoms with Gasteiger partial charge in [-0.1, -0.05) is 24.3 Å². The van der Waals surface area contributed by atoms with Crippen molar-refractivity contribution in [1.82, 2.24) is 0 Å². The van der Waals surface area contributed by atoms with Crippen LogP contribution in [0.1, 0.15) is 17.5 Å². The molecule has 1 aromatic rings. The van der Waals surface area contributed by atoms with E-state index in [0.29, 0.717) is 0 Å². The van der Waals surface area contributed by atoms with Crippen molar-refractivity contribution in [3.8, 4) is 0 Å². The molecule has 0 aromatic heterocycles. The summed E-state index contributed by atoms with van der Waals surface area (Å²) >= 11 is 0. The molecular weight excluding hydrogens is 164 g/mol. The zero-order valence-electron chi connectivity index (χ0n) is 7.19. The third-order valence-electron chi connectivity index (χ3n) is 2.72. The average Bonchev–Trinajstić information content (AvgIpc) is 2.78. The van der Waals surface area contributed by atoms with Crippen molar-refractivity contribution in [2.24, 2.45) is 0 Å². The number of fused-ring (bicyclic) bond motifs is 2. The second kappa shape index (κ2) is 2.28. The van der Waals surface area contributed by atoms with Crippen molar-refractivity contribution in [3.05, 3.63) is 47.9 Å². The largest absolute Gasteiger partial charge is 0.453 e. The molecule has 0 saturated heterocycles. The Morgan fingerprint density at radius 1 is 1.08 bits per heavy atom. The fraction of sp³-hybridized carbons (Fsp3) is 0.273. The van der Waals surface area contributed by atoms with Crippen LogP contribution in [0, 0.1) is 0 Å². The van der Waals surface area contributed by atoms with Crippen molar-refractivity contribution in [2.75, 3.05) is 0 Å². The van der Waals surface area contributed by atoms with Crippen molar-refractivity contribution in [1.29, 1.82) is 0 Å². The normalized spacial score (nSPS) is 21.2. The SMILES string of the molecule is C1=COC2(CCc3ccccc32)O1. The highest BCUT2D eigenvalue weighted by molar-refractivity contribution is 5.36. The van der Waals surface area contributed by atoms with Gasteiger partial charge in [-0.2, -0.15) is 0 Å². The molecule has 2 heteroatoms. The number of ether oxygens (including phenoxy) is 2. The van der Waals surface area contributed by atoms with Gasteiger partial charge in [-0.25, -0.2) is 0 Å². The number of hydrogen-bond donors (Lipinski definition) is 0. The lowest BCUT2D eigenvalue weighted by Gasteiger charge is -2.23. The van der Waals surface area contributed by atoms with Crippen LogP contribution < -0.4 is 0 Å². The lowest BCUT2D eigenvalue weighted by Crippen LogP contribution is -2.22. The Morgan fingerprint density at radius 3 is 2.69 bits per heavy atom. The zero-order valence-corrected chi connectivity index (χ0v) is 7.19. The molecular formula is C11H10O2. The van der Waals surface area contributed by atoms with Crippen molar-refractivity contribution < 1.29 is 9.47 Å². The second-order valence-electron chi connectivity index (χ2n) is 3.42. The molecule has 0 radical (unpaired) electrons. The van der Waals surface area contributed by atoms with E-state index in [0.717, 1.165) is 12.8 Å². The van der Waals surface area contributed by atoms with E-state index >= 15 is 0 Å². The molecule has 3 rings (SSSR count). The van der Waals surface area contributed by atoms with Gasteiger partial charge >= 0.3 is 0 Å². The maximum absolute atomic E-state index is 5.53. The molecule has 2 aliphatic rings. The first-order valence-electron chi connectivity index (χ1n) is 4.50. The standard InChI is InChI=1S/C11H10O2/c1-2-4-10-9(3-1)5-6-11(10)12-7-8-13-11/h1-4,7-8H,5-6H2. The summed E-state index contributed by atoms with van der Waals surface area (Å²) < 4.78 is 11.1. The fourth-order valence-corrected chi connectivity index (χ4v) is 2.09. The van der Waals surface area contributed by atoms with Gasteiger partial charge in [-0.15, -0.1) is 0 Å². The summed E-state index contributed by atoms with van der Waals surface area (Å²) in [7, 11) is 0. The molecule has 1 aliphatic carbocycles. The van der Waals surface area contributed by atoms with E-state index in [1.54, 1.807) is 12.5 Å². The van der Waals surface area contributed by atoms with Crippen LogP contribution in [0.2, 0.25) is 0 Å². The highest BCUT2D eigenvalue weighted by atomic mass is 16.7. The average molecular weight is 174 g/mol. The van der Waals surface area contributed by atoms with Crippen LogP contribution >= 0.6 is 0 Å². The molecule has 0 bridgehead atoms. The molecule has 0 fully saturated rings. The molecule has 1 aromatic carbocycles. The van der Waals surface area contributed by atoms with Crippen molar-refractivity contribution >= 4 is 0 Å². The van der Waals surface area contributed by atoms with Crippen LogP contribution in [0.4, 0.5) is 0 Å². The first-order chi connectivity index (χ1) is 6.41. The molecule has 0 atom stereocenters. The Balaban J connectivity index is 2.12. The van der Waals surface area contributed by atoms with Gasteiger partial charge in [-0.3, -0.25) is 0 Å². The van der Waals surface area contributed by atoms with E-state index in [2.05, 4.69) is 18.2 Å². The van der Waals surface area contributed by atoms with E-state index in [4.69, 9.17) is 9.47 Å². The Hall–Kier alpha value is -1.44. The molecule has 1 aliphatic heterocycles. The molecule has 0 N–H and O–H groups in total. The van der Waals surface area contributed by atoms with Gasteiger partial charge in [0.25, 0.3) is 5.79 Å². The number of hydrogen-bond acceptors (Lipinski definition) is 2. The van der Waals surface area contributed by atoms with Crippen LogP contribution in [0.25, 0.3) is 0 Å². The molecule has 13 heavy (non-hydrogen) atoms. The topological polar surface area (TPSA) is 18.5 Å². The smallest absolute Gasteiger partial charge is 0.277 e. The second-order valence-corrected chi connectivity index (χ2v) is 3.42. The molecule has 0 amide bonds. The van der Waals surface area contributed by atoms with Crippen LogP contribution in [-0.4, -0.2) is 0 Å². The zero-order chi connectivity index (χ0) is 8.73. The van der Waals surface area contributed by atoms with Gasteiger partial charge in [0.05, 0.1) is 0 Å². The summed E-state index contributed by atoms with van der Waals surface area (Å²) in [4.78, 5) is 0. The number of benzene rings is 1. The minimum atomic E-state index is -0.489. The Kier molecular flexibility index (Phi) is 1.23. The summed E-state index contributed by atoms with van der Waals surface area (Å²) in [6, 6.07) is 8.29. The first kappa shape index (κ1) is 7.01. The van der Waals surface area contributed by atoms with E-state index < -0.39 is 5.79 Å². The Morgan fingerprint density at radius 2 is 1.85 bits per heavy atom. The quantitative estimate of drug-likeness (QED) is 0.600. The number of rotatable bonds is 0. The summed E-state index contributed by atoms with van der Waals surface area (Å²) in [5, 5.41) is 0. The van der Waals surface area contributed by atoms with Gasteiger partial charge < -0.3 is 9.47 Å². The fourth-order valence-electron chi connectivity index (χ4n) is 2.09. The molecule has 0 saturated carbocycles. The first-order valence-corrected chi connectivity index (χ1v) is 4.50. The van der Waals surface area contributed by atoms with Gasteiger partial charge in [0, 0.05) is 12.0 Å². The molecule has 66 valence electrons. The predicted octanol–water partition coefficient (Wildman–Crippen LogP) is 2.30. The van der Waals surface area contributed by atoms with Gasteiger partial charge in [0.2, 0.25) is 0 Å².